The van der Waals surface area contributed by atoms with Crippen molar-refractivity contribution in [3.05, 3.63) is 42.1 Å². The Morgan fingerprint density at radius 2 is 2.04 bits per heavy atom. The van der Waals surface area contributed by atoms with Gasteiger partial charge in [-0.05, 0) is 50.2 Å². The van der Waals surface area contributed by atoms with E-state index in [4.69, 9.17) is 4.98 Å². The first-order valence-electron chi connectivity index (χ1n) is 8.98. The van der Waals surface area contributed by atoms with Crippen molar-refractivity contribution < 1.29 is 0 Å². The van der Waals surface area contributed by atoms with E-state index in [1.165, 1.54) is 43.5 Å². The molecule has 0 N–H and O–H groups in total. The van der Waals surface area contributed by atoms with E-state index < -0.39 is 0 Å². The molecule has 0 unspecified atom stereocenters. The summed E-state index contributed by atoms with van der Waals surface area (Å²) in [5, 5.41) is 0. The van der Waals surface area contributed by atoms with Crippen molar-refractivity contribution in [2.24, 2.45) is 5.92 Å². The number of hydrogen-bond donors (Lipinski definition) is 0. The first-order chi connectivity index (χ1) is 11.3. The summed E-state index contributed by atoms with van der Waals surface area (Å²) in [6, 6.07) is 4.31. The SMILES string of the molecule is Cc1ccc(N2CCC[C@@H](c3nccn3CC3CCC3)C2)nc1. The summed E-state index contributed by atoms with van der Waals surface area (Å²) < 4.78 is 2.42. The van der Waals surface area contributed by atoms with Gasteiger partial charge in [-0.3, -0.25) is 0 Å². The maximum absolute atomic E-state index is 4.71. The van der Waals surface area contributed by atoms with Gasteiger partial charge < -0.3 is 9.47 Å². The second kappa shape index (κ2) is 6.34. The van der Waals surface area contributed by atoms with Gasteiger partial charge in [0.15, 0.2) is 0 Å². The second-order valence-corrected chi connectivity index (χ2v) is 7.21. The van der Waals surface area contributed by atoms with Gasteiger partial charge in [0.1, 0.15) is 11.6 Å². The quantitative estimate of drug-likeness (QED) is 0.862. The molecule has 4 nitrogen and oxygen atoms in total. The zero-order valence-corrected chi connectivity index (χ0v) is 14.0. The van der Waals surface area contributed by atoms with Gasteiger partial charge in [0.25, 0.3) is 0 Å². The van der Waals surface area contributed by atoms with Crippen molar-refractivity contribution in [1.29, 1.82) is 0 Å². The number of rotatable bonds is 4. The molecule has 2 aromatic rings. The third-order valence-electron chi connectivity index (χ3n) is 5.43. The zero-order chi connectivity index (χ0) is 15.6. The molecule has 1 aliphatic carbocycles. The van der Waals surface area contributed by atoms with Gasteiger partial charge >= 0.3 is 0 Å². The van der Waals surface area contributed by atoms with Crippen LogP contribution in [0.15, 0.2) is 30.7 Å². The number of aromatic nitrogens is 3. The molecule has 1 saturated heterocycles. The molecule has 0 aromatic carbocycles. The van der Waals surface area contributed by atoms with E-state index in [0.29, 0.717) is 5.92 Å². The molecule has 1 aliphatic heterocycles. The van der Waals surface area contributed by atoms with E-state index in [0.717, 1.165) is 31.4 Å². The summed E-state index contributed by atoms with van der Waals surface area (Å²) in [7, 11) is 0. The minimum atomic E-state index is 0.530. The van der Waals surface area contributed by atoms with E-state index in [-0.39, 0.29) is 0 Å². The van der Waals surface area contributed by atoms with Crippen molar-refractivity contribution in [2.45, 2.75) is 51.5 Å². The largest absolute Gasteiger partial charge is 0.356 e. The lowest BCUT2D eigenvalue weighted by Gasteiger charge is -2.34. The van der Waals surface area contributed by atoms with E-state index in [1.54, 1.807) is 0 Å². The standard InChI is InChI=1S/C19H26N4/c1-15-7-8-18(21-12-15)22-10-3-6-17(14-22)19-20-9-11-23(19)13-16-4-2-5-16/h7-9,11-12,16-17H,2-6,10,13-14H2,1H3/t17-/m1/s1. The third-order valence-corrected chi connectivity index (χ3v) is 5.43. The number of piperidine rings is 1. The number of hydrogen-bond acceptors (Lipinski definition) is 3. The number of anilines is 1. The molecule has 0 radical (unpaired) electrons. The van der Waals surface area contributed by atoms with Crippen LogP contribution in [0.25, 0.3) is 0 Å². The minimum absolute atomic E-state index is 0.530. The Labute approximate surface area is 138 Å². The average molecular weight is 310 g/mol. The van der Waals surface area contributed by atoms with E-state index >= 15 is 0 Å². The predicted octanol–water partition coefficient (Wildman–Crippen LogP) is 3.77. The highest BCUT2D eigenvalue weighted by atomic mass is 15.2. The summed E-state index contributed by atoms with van der Waals surface area (Å²) in [6.45, 7) is 5.40. The maximum atomic E-state index is 4.71. The van der Waals surface area contributed by atoms with Gasteiger partial charge in [-0.2, -0.15) is 0 Å². The van der Waals surface area contributed by atoms with E-state index in [9.17, 15) is 0 Å². The Bertz CT molecular complexity index is 642. The highest BCUT2D eigenvalue weighted by Crippen LogP contribution is 2.32. The fourth-order valence-electron chi connectivity index (χ4n) is 3.83. The molecule has 0 amide bonds. The van der Waals surface area contributed by atoms with Crippen molar-refractivity contribution in [2.75, 3.05) is 18.0 Å². The molecule has 23 heavy (non-hydrogen) atoms. The van der Waals surface area contributed by atoms with Crippen molar-refractivity contribution in [3.8, 4) is 0 Å². The fraction of sp³-hybridized carbons (Fsp3) is 0.579. The van der Waals surface area contributed by atoms with E-state index in [2.05, 4.69) is 39.7 Å². The molecule has 0 spiro atoms. The first kappa shape index (κ1) is 14.7. The van der Waals surface area contributed by atoms with Crippen LogP contribution in [0.3, 0.4) is 0 Å². The Kier molecular flexibility index (Phi) is 4.06. The Morgan fingerprint density at radius 1 is 1.13 bits per heavy atom. The molecule has 3 heterocycles. The average Bonchev–Trinajstić information content (AvgIpc) is 3.00. The Hall–Kier alpha value is -1.84. The third kappa shape index (κ3) is 3.12. The Balaban J connectivity index is 1.48. The molecule has 4 heteroatoms. The molecule has 122 valence electrons. The van der Waals surface area contributed by atoms with Crippen LogP contribution in [0.4, 0.5) is 5.82 Å². The van der Waals surface area contributed by atoms with Crippen LogP contribution in [-0.2, 0) is 6.54 Å². The molecule has 0 bridgehead atoms. The molecule has 2 aliphatic rings. The van der Waals surface area contributed by atoms with Gasteiger partial charge in [-0.15, -0.1) is 0 Å². The van der Waals surface area contributed by atoms with Crippen molar-refractivity contribution in [3.63, 3.8) is 0 Å². The monoisotopic (exact) mass is 310 g/mol. The van der Waals surface area contributed by atoms with Crippen LogP contribution in [0.1, 0.15) is 49.4 Å². The molecule has 2 aromatic heterocycles. The van der Waals surface area contributed by atoms with Gasteiger partial charge in [-0.25, -0.2) is 9.97 Å². The topological polar surface area (TPSA) is 34.0 Å². The predicted molar refractivity (Wildman–Crippen MR) is 92.7 cm³/mol. The zero-order valence-electron chi connectivity index (χ0n) is 14.0. The molecular formula is C19H26N4. The van der Waals surface area contributed by atoms with Gasteiger partial charge in [-0.1, -0.05) is 12.5 Å². The molecule has 1 saturated carbocycles. The fourth-order valence-corrected chi connectivity index (χ4v) is 3.83. The number of pyridine rings is 1. The number of imidazole rings is 1. The lowest BCUT2D eigenvalue weighted by Crippen LogP contribution is -2.36. The van der Waals surface area contributed by atoms with Crippen LogP contribution in [0, 0.1) is 12.8 Å². The summed E-state index contributed by atoms with van der Waals surface area (Å²) in [5.41, 5.74) is 1.22. The molecule has 1 atom stereocenters. The van der Waals surface area contributed by atoms with E-state index in [1.807, 2.05) is 12.4 Å². The van der Waals surface area contributed by atoms with Crippen LogP contribution >= 0.6 is 0 Å². The second-order valence-electron chi connectivity index (χ2n) is 7.21. The van der Waals surface area contributed by atoms with Gasteiger partial charge in [0, 0.05) is 44.1 Å². The van der Waals surface area contributed by atoms with Crippen LogP contribution in [-0.4, -0.2) is 27.6 Å². The first-order valence-corrected chi connectivity index (χ1v) is 8.98. The number of aryl methyl sites for hydroxylation is 1. The van der Waals surface area contributed by atoms with Crippen LogP contribution in [0.5, 0.6) is 0 Å². The lowest BCUT2D eigenvalue weighted by molar-refractivity contribution is 0.270. The highest BCUT2D eigenvalue weighted by Gasteiger charge is 2.27. The lowest BCUT2D eigenvalue weighted by atomic mass is 9.85. The van der Waals surface area contributed by atoms with Crippen molar-refractivity contribution in [1.82, 2.24) is 14.5 Å². The molecular weight excluding hydrogens is 284 g/mol. The minimum Gasteiger partial charge on any atom is -0.356 e. The number of nitrogens with zero attached hydrogens (tertiary/aromatic N) is 4. The van der Waals surface area contributed by atoms with Crippen LogP contribution in [0.2, 0.25) is 0 Å². The van der Waals surface area contributed by atoms with Crippen molar-refractivity contribution >= 4 is 5.82 Å². The summed E-state index contributed by atoms with van der Waals surface area (Å²) in [4.78, 5) is 11.7. The van der Waals surface area contributed by atoms with Crippen LogP contribution < -0.4 is 4.90 Å². The summed E-state index contributed by atoms with van der Waals surface area (Å²) in [6.07, 6.45) is 12.8. The maximum Gasteiger partial charge on any atom is 0.128 e. The van der Waals surface area contributed by atoms with Gasteiger partial charge in [0.05, 0.1) is 0 Å². The molecule has 4 rings (SSSR count). The summed E-state index contributed by atoms with van der Waals surface area (Å²) >= 11 is 0. The molecule has 2 fully saturated rings. The Morgan fingerprint density at radius 3 is 2.78 bits per heavy atom. The smallest absolute Gasteiger partial charge is 0.128 e. The van der Waals surface area contributed by atoms with Gasteiger partial charge in [0.2, 0.25) is 0 Å². The normalized spacial score (nSPS) is 22.1. The highest BCUT2D eigenvalue weighted by molar-refractivity contribution is 5.40. The summed E-state index contributed by atoms with van der Waals surface area (Å²) in [5.74, 6) is 3.80.